The van der Waals surface area contributed by atoms with Crippen LogP contribution in [0.15, 0.2) is 59.6 Å². The van der Waals surface area contributed by atoms with Crippen molar-refractivity contribution in [3.8, 4) is 5.75 Å². The Morgan fingerprint density at radius 3 is 2.83 bits per heavy atom. The van der Waals surface area contributed by atoms with Crippen LogP contribution in [0.4, 0.5) is 0 Å². The third kappa shape index (κ3) is 6.91. The molecule has 0 spiro atoms. The minimum Gasteiger partial charge on any atom is -0.497 e. The summed E-state index contributed by atoms with van der Waals surface area (Å²) in [6.07, 6.45) is 4.44. The molecule has 2 heterocycles. The van der Waals surface area contributed by atoms with E-state index in [1.165, 1.54) is 4.90 Å². The molecule has 0 aliphatic carbocycles. The molecule has 0 amide bonds. The molecule has 1 aromatic heterocycles. The maximum atomic E-state index is 11.6. The molecular formula is C28H34ClN3O3S. The average Bonchev–Trinajstić information content (AvgIpc) is 2.88. The zero-order valence-corrected chi connectivity index (χ0v) is 22.2. The lowest BCUT2D eigenvalue weighted by atomic mass is 9.79. The summed E-state index contributed by atoms with van der Waals surface area (Å²) >= 11 is 8.40. The van der Waals surface area contributed by atoms with Gasteiger partial charge in [0.25, 0.3) is 0 Å². The van der Waals surface area contributed by atoms with Gasteiger partial charge in [0, 0.05) is 47.8 Å². The molecule has 36 heavy (non-hydrogen) atoms. The Morgan fingerprint density at radius 2 is 2.08 bits per heavy atom. The number of ether oxygens (including phenoxy) is 1. The van der Waals surface area contributed by atoms with E-state index in [2.05, 4.69) is 34.1 Å². The summed E-state index contributed by atoms with van der Waals surface area (Å²) < 4.78 is 5.39. The maximum absolute atomic E-state index is 11.6. The number of aliphatic carboxylic acids is 1. The topological polar surface area (TPSA) is 88.7 Å². The van der Waals surface area contributed by atoms with Crippen molar-refractivity contribution in [2.45, 2.75) is 36.6 Å². The number of likely N-dealkylation sites (tertiary alicyclic amines) is 1. The number of fused-ring (bicyclic) bond motifs is 1. The van der Waals surface area contributed by atoms with Crippen LogP contribution in [0.5, 0.6) is 5.75 Å². The van der Waals surface area contributed by atoms with Gasteiger partial charge in [-0.2, -0.15) is 0 Å². The number of hydrogen-bond donors (Lipinski definition) is 2. The molecule has 3 atom stereocenters. The van der Waals surface area contributed by atoms with E-state index in [9.17, 15) is 9.90 Å². The zero-order valence-electron chi connectivity index (χ0n) is 20.6. The van der Waals surface area contributed by atoms with Gasteiger partial charge in [-0.25, -0.2) is 0 Å². The van der Waals surface area contributed by atoms with Crippen molar-refractivity contribution in [3.63, 3.8) is 0 Å². The van der Waals surface area contributed by atoms with Crippen molar-refractivity contribution in [3.05, 3.63) is 65.3 Å². The molecule has 0 saturated carbocycles. The highest BCUT2D eigenvalue weighted by atomic mass is 35.5. The van der Waals surface area contributed by atoms with Crippen LogP contribution in [0.1, 0.15) is 37.3 Å². The van der Waals surface area contributed by atoms with E-state index in [1.54, 1.807) is 13.3 Å². The number of carbonyl (C=O) groups is 1. The molecule has 0 unspecified atom stereocenters. The minimum atomic E-state index is -0.731. The van der Waals surface area contributed by atoms with E-state index in [1.807, 2.05) is 36.0 Å². The van der Waals surface area contributed by atoms with Gasteiger partial charge in [0.2, 0.25) is 0 Å². The molecule has 3 N–H and O–H groups in total. The number of rotatable bonds is 11. The first kappa shape index (κ1) is 26.7. The van der Waals surface area contributed by atoms with Gasteiger partial charge in [0.1, 0.15) is 5.75 Å². The second-order valence-corrected chi connectivity index (χ2v) is 11.0. The number of pyridine rings is 1. The van der Waals surface area contributed by atoms with E-state index >= 15 is 0 Å². The Labute approximate surface area is 222 Å². The number of nitrogens with zero attached hydrogens (tertiary/aromatic N) is 2. The number of carboxylic acid groups (broad SMARTS) is 1. The smallest absolute Gasteiger partial charge is 0.303 e. The number of nitrogens with two attached hydrogens (primary N) is 1. The quantitative estimate of drug-likeness (QED) is 0.301. The number of piperidine rings is 1. The van der Waals surface area contributed by atoms with E-state index < -0.39 is 5.97 Å². The number of benzene rings is 2. The van der Waals surface area contributed by atoms with E-state index in [-0.39, 0.29) is 18.4 Å². The van der Waals surface area contributed by atoms with Crippen LogP contribution in [0.3, 0.4) is 0 Å². The normalized spacial score (nSPS) is 19.3. The predicted molar refractivity (Wildman–Crippen MR) is 147 cm³/mol. The Hall–Kier alpha value is -2.32. The van der Waals surface area contributed by atoms with E-state index in [4.69, 9.17) is 22.1 Å². The van der Waals surface area contributed by atoms with Gasteiger partial charge in [0.05, 0.1) is 17.6 Å². The van der Waals surface area contributed by atoms with Crippen molar-refractivity contribution < 1.29 is 14.6 Å². The summed E-state index contributed by atoms with van der Waals surface area (Å²) in [5, 5.41) is 11.0. The largest absolute Gasteiger partial charge is 0.497 e. The van der Waals surface area contributed by atoms with Gasteiger partial charge < -0.3 is 20.5 Å². The second kappa shape index (κ2) is 12.8. The Morgan fingerprint density at radius 1 is 1.28 bits per heavy atom. The zero-order chi connectivity index (χ0) is 25.5. The molecule has 0 radical (unpaired) electrons. The number of hydrogen-bond acceptors (Lipinski definition) is 6. The number of methoxy groups -OCH3 is 1. The third-order valence-electron chi connectivity index (χ3n) is 7.12. The molecule has 2 aromatic carbocycles. The highest BCUT2D eigenvalue weighted by molar-refractivity contribution is 7.99. The number of halogens is 1. The van der Waals surface area contributed by atoms with Crippen molar-refractivity contribution in [1.82, 2.24) is 9.88 Å². The highest BCUT2D eigenvalue weighted by Gasteiger charge is 2.31. The van der Waals surface area contributed by atoms with Crippen molar-refractivity contribution in [1.29, 1.82) is 0 Å². The monoisotopic (exact) mass is 527 g/mol. The third-order valence-corrected chi connectivity index (χ3v) is 8.41. The van der Waals surface area contributed by atoms with Crippen LogP contribution in [0, 0.1) is 11.8 Å². The summed E-state index contributed by atoms with van der Waals surface area (Å²) in [6.45, 7) is 2.77. The first-order valence-corrected chi connectivity index (χ1v) is 13.8. The first-order valence-electron chi connectivity index (χ1n) is 12.4. The van der Waals surface area contributed by atoms with Gasteiger partial charge in [-0.05, 0) is 73.5 Å². The van der Waals surface area contributed by atoms with E-state index in [0.717, 1.165) is 66.9 Å². The van der Waals surface area contributed by atoms with Gasteiger partial charge >= 0.3 is 5.97 Å². The SMILES string of the molecule is COc1ccc2ncc(Cl)c([C@@H](N)CC[C@@H]3CCN(CCSc4ccccc4)C[C@@H]3CC(=O)O)c2c1. The Balaban J connectivity index is 1.38. The molecule has 6 nitrogen and oxygen atoms in total. The molecule has 192 valence electrons. The van der Waals surface area contributed by atoms with Gasteiger partial charge in [-0.15, -0.1) is 11.8 Å². The molecule has 1 fully saturated rings. The molecular weight excluding hydrogens is 494 g/mol. The number of carboxylic acids is 1. The summed E-state index contributed by atoms with van der Waals surface area (Å²) in [5.74, 6) is 1.45. The molecule has 0 bridgehead atoms. The maximum Gasteiger partial charge on any atom is 0.303 e. The summed E-state index contributed by atoms with van der Waals surface area (Å²) in [4.78, 5) is 19.8. The predicted octanol–water partition coefficient (Wildman–Crippen LogP) is 5.88. The molecule has 8 heteroatoms. The van der Waals surface area contributed by atoms with Crippen molar-refractivity contribution in [2.75, 3.05) is 32.5 Å². The van der Waals surface area contributed by atoms with Crippen LogP contribution < -0.4 is 10.5 Å². The number of aromatic nitrogens is 1. The van der Waals surface area contributed by atoms with Crippen LogP contribution in [-0.2, 0) is 4.79 Å². The van der Waals surface area contributed by atoms with Gasteiger partial charge in [-0.3, -0.25) is 9.78 Å². The molecule has 1 aliphatic heterocycles. The summed E-state index contributed by atoms with van der Waals surface area (Å²) in [6, 6.07) is 15.8. The standard InChI is InChI=1S/C28H34ClN3O3S/c1-35-21-8-10-26-23(16-21)28(24(29)17-31-26)25(30)9-7-19-11-12-32(18-20(19)15-27(33)34)13-14-36-22-5-3-2-4-6-22/h2-6,8,10,16-17,19-20,25H,7,9,11-15,18,30H2,1H3,(H,33,34)/t19-,20+,25+/m1/s1. The summed E-state index contributed by atoms with van der Waals surface area (Å²) in [5.41, 5.74) is 8.39. The molecule has 4 rings (SSSR count). The first-order chi connectivity index (χ1) is 17.4. The lowest BCUT2D eigenvalue weighted by Crippen LogP contribution is -2.42. The fourth-order valence-corrected chi connectivity index (χ4v) is 6.44. The van der Waals surface area contributed by atoms with Gasteiger partial charge in [-0.1, -0.05) is 29.8 Å². The molecule has 3 aromatic rings. The minimum absolute atomic E-state index is 0.120. The van der Waals surface area contributed by atoms with Crippen molar-refractivity contribution in [2.24, 2.45) is 17.6 Å². The van der Waals surface area contributed by atoms with Crippen LogP contribution >= 0.6 is 23.4 Å². The average molecular weight is 528 g/mol. The fraction of sp³-hybridized carbons (Fsp3) is 0.429. The van der Waals surface area contributed by atoms with Gasteiger partial charge in [0.15, 0.2) is 0 Å². The van der Waals surface area contributed by atoms with Crippen LogP contribution in [0.25, 0.3) is 10.9 Å². The summed E-state index contributed by atoms with van der Waals surface area (Å²) in [7, 11) is 1.63. The Kier molecular flexibility index (Phi) is 9.48. The lowest BCUT2D eigenvalue weighted by Gasteiger charge is -2.38. The lowest BCUT2D eigenvalue weighted by molar-refractivity contribution is -0.139. The fourth-order valence-electron chi connectivity index (χ4n) is 5.21. The van der Waals surface area contributed by atoms with E-state index in [0.29, 0.717) is 10.9 Å². The number of thioether (sulfide) groups is 1. The Bertz CT molecular complexity index is 1160. The van der Waals surface area contributed by atoms with Crippen LogP contribution in [0.2, 0.25) is 5.02 Å². The van der Waals surface area contributed by atoms with Crippen LogP contribution in [-0.4, -0.2) is 53.5 Å². The molecule has 1 saturated heterocycles. The second-order valence-electron chi connectivity index (χ2n) is 9.46. The van der Waals surface area contributed by atoms with Crippen molar-refractivity contribution >= 4 is 40.2 Å². The highest BCUT2D eigenvalue weighted by Crippen LogP contribution is 2.36. The molecule has 1 aliphatic rings.